The van der Waals surface area contributed by atoms with E-state index < -0.39 is 0 Å². The van der Waals surface area contributed by atoms with Gasteiger partial charge in [-0.2, -0.15) is 0 Å². The first-order chi connectivity index (χ1) is 10.5. The Morgan fingerprint density at radius 1 is 1.30 bits per heavy atom. The largest absolute Gasteiger partial charge is 0.493 e. The number of carbonyl (C=O) groups excluding carboxylic acids is 1. The highest BCUT2D eigenvalue weighted by atomic mass is 35.5. The minimum absolute atomic E-state index is 0. The number of amides is 1. The van der Waals surface area contributed by atoms with Crippen molar-refractivity contribution >= 4 is 18.3 Å². The molecule has 2 atom stereocenters. The van der Waals surface area contributed by atoms with Gasteiger partial charge < -0.3 is 15.0 Å². The predicted molar refractivity (Wildman–Crippen MR) is 96.4 cm³/mol. The van der Waals surface area contributed by atoms with Gasteiger partial charge in [0.2, 0.25) is 5.91 Å². The molecule has 0 aliphatic carbocycles. The molecular weight excluding hydrogens is 312 g/mol. The van der Waals surface area contributed by atoms with Gasteiger partial charge in [0.25, 0.3) is 0 Å². The normalized spacial score (nSPS) is 21.0. The van der Waals surface area contributed by atoms with Gasteiger partial charge in [-0.1, -0.05) is 26.0 Å². The Kier molecular flexibility index (Phi) is 7.86. The summed E-state index contributed by atoms with van der Waals surface area (Å²) in [4.78, 5) is 14.5. The third kappa shape index (κ3) is 5.70. The van der Waals surface area contributed by atoms with Crippen LogP contribution in [0.3, 0.4) is 0 Å². The van der Waals surface area contributed by atoms with Gasteiger partial charge in [-0.25, -0.2) is 0 Å². The van der Waals surface area contributed by atoms with Gasteiger partial charge in [0.05, 0.1) is 13.0 Å². The Balaban J connectivity index is 0.00000264. The van der Waals surface area contributed by atoms with Gasteiger partial charge in [-0.3, -0.25) is 4.79 Å². The number of piperazine rings is 1. The molecule has 4 nitrogen and oxygen atoms in total. The molecule has 0 aromatic heterocycles. The van der Waals surface area contributed by atoms with Crippen LogP contribution in [0.25, 0.3) is 0 Å². The standard InChI is InChI=1S/C18H28N2O2.ClH/c1-13(2)12-22-17-7-5-16(6-8-17)11-18(21)20-10-9-19-14(3)15(20)4;/h5-8,13-15,19H,9-12H2,1-4H3;1H. The number of rotatable bonds is 5. The van der Waals surface area contributed by atoms with Crippen molar-refractivity contribution in [1.82, 2.24) is 10.2 Å². The minimum Gasteiger partial charge on any atom is -0.493 e. The molecule has 23 heavy (non-hydrogen) atoms. The van der Waals surface area contributed by atoms with Crippen LogP contribution in [-0.2, 0) is 11.2 Å². The summed E-state index contributed by atoms with van der Waals surface area (Å²) in [5.41, 5.74) is 1.04. The molecule has 0 saturated carbocycles. The molecule has 0 bridgehead atoms. The first-order valence-electron chi connectivity index (χ1n) is 8.22. The van der Waals surface area contributed by atoms with Crippen LogP contribution < -0.4 is 10.1 Å². The number of hydrogen-bond donors (Lipinski definition) is 1. The lowest BCUT2D eigenvalue weighted by atomic mass is 10.0. The van der Waals surface area contributed by atoms with Crippen molar-refractivity contribution in [2.45, 2.75) is 46.2 Å². The molecule has 130 valence electrons. The molecule has 1 aliphatic heterocycles. The zero-order valence-electron chi connectivity index (χ0n) is 14.5. The minimum atomic E-state index is 0. The van der Waals surface area contributed by atoms with Gasteiger partial charge >= 0.3 is 0 Å². The van der Waals surface area contributed by atoms with E-state index in [9.17, 15) is 4.79 Å². The summed E-state index contributed by atoms with van der Waals surface area (Å²) < 4.78 is 5.67. The van der Waals surface area contributed by atoms with Gasteiger partial charge in [-0.15, -0.1) is 12.4 Å². The zero-order chi connectivity index (χ0) is 16.1. The second-order valence-electron chi connectivity index (χ2n) is 6.60. The van der Waals surface area contributed by atoms with Crippen molar-refractivity contribution < 1.29 is 9.53 Å². The lowest BCUT2D eigenvalue weighted by Gasteiger charge is -2.38. The summed E-state index contributed by atoms with van der Waals surface area (Å²) in [7, 11) is 0. The van der Waals surface area contributed by atoms with E-state index in [0.29, 0.717) is 25.0 Å². The number of ether oxygens (including phenoxy) is 1. The average molecular weight is 341 g/mol. The van der Waals surface area contributed by atoms with Crippen molar-refractivity contribution in [3.63, 3.8) is 0 Å². The average Bonchev–Trinajstić information content (AvgIpc) is 2.49. The topological polar surface area (TPSA) is 41.6 Å². The Labute approximate surface area is 146 Å². The number of benzene rings is 1. The summed E-state index contributed by atoms with van der Waals surface area (Å²) in [5, 5.41) is 3.40. The SMILES string of the molecule is CC(C)COc1ccc(CC(=O)N2CCNC(C)C2C)cc1.Cl. The molecule has 1 amide bonds. The summed E-state index contributed by atoms with van der Waals surface area (Å²) in [5.74, 6) is 1.59. The van der Waals surface area contributed by atoms with E-state index in [2.05, 4.69) is 33.0 Å². The number of nitrogens with one attached hydrogen (secondary N) is 1. The van der Waals surface area contributed by atoms with Crippen molar-refractivity contribution in [2.75, 3.05) is 19.7 Å². The predicted octanol–water partition coefficient (Wildman–Crippen LogP) is 2.89. The van der Waals surface area contributed by atoms with Gasteiger partial charge in [0.1, 0.15) is 5.75 Å². The molecule has 1 aromatic carbocycles. The number of carbonyl (C=O) groups is 1. The molecule has 2 rings (SSSR count). The molecule has 5 heteroatoms. The highest BCUT2D eigenvalue weighted by molar-refractivity contribution is 5.85. The molecule has 0 spiro atoms. The van der Waals surface area contributed by atoms with Gasteiger partial charge in [-0.05, 0) is 37.5 Å². The van der Waals surface area contributed by atoms with E-state index in [1.165, 1.54) is 0 Å². The van der Waals surface area contributed by atoms with E-state index in [0.717, 1.165) is 24.4 Å². The van der Waals surface area contributed by atoms with Crippen LogP contribution in [0.15, 0.2) is 24.3 Å². The van der Waals surface area contributed by atoms with Crippen LogP contribution in [0.1, 0.15) is 33.3 Å². The Morgan fingerprint density at radius 3 is 2.57 bits per heavy atom. The van der Waals surface area contributed by atoms with Crippen LogP contribution in [0.5, 0.6) is 5.75 Å². The van der Waals surface area contributed by atoms with E-state index in [-0.39, 0.29) is 24.4 Å². The van der Waals surface area contributed by atoms with E-state index in [4.69, 9.17) is 4.74 Å². The third-order valence-corrected chi connectivity index (χ3v) is 4.22. The maximum absolute atomic E-state index is 12.5. The second kappa shape index (κ2) is 9.14. The molecule has 1 fully saturated rings. The zero-order valence-corrected chi connectivity index (χ0v) is 15.4. The highest BCUT2D eigenvalue weighted by Gasteiger charge is 2.27. The highest BCUT2D eigenvalue weighted by Crippen LogP contribution is 2.16. The van der Waals surface area contributed by atoms with Crippen LogP contribution >= 0.6 is 12.4 Å². The lowest BCUT2D eigenvalue weighted by molar-refractivity contribution is -0.134. The molecule has 1 N–H and O–H groups in total. The van der Waals surface area contributed by atoms with Crippen molar-refractivity contribution in [3.8, 4) is 5.75 Å². The quantitative estimate of drug-likeness (QED) is 0.896. The smallest absolute Gasteiger partial charge is 0.227 e. The van der Waals surface area contributed by atoms with Crippen LogP contribution in [0, 0.1) is 5.92 Å². The Morgan fingerprint density at radius 2 is 1.96 bits per heavy atom. The van der Waals surface area contributed by atoms with Crippen LogP contribution in [-0.4, -0.2) is 42.6 Å². The number of nitrogens with zero attached hydrogens (tertiary/aromatic N) is 1. The second-order valence-corrected chi connectivity index (χ2v) is 6.60. The van der Waals surface area contributed by atoms with Gasteiger partial charge in [0, 0.05) is 25.2 Å². The summed E-state index contributed by atoms with van der Waals surface area (Å²) in [6, 6.07) is 8.48. The molecule has 1 heterocycles. The maximum atomic E-state index is 12.5. The van der Waals surface area contributed by atoms with Crippen LogP contribution in [0.2, 0.25) is 0 Å². The van der Waals surface area contributed by atoms with Crippen molar-refractivity contribution in [3.05, 3.63) is 29.8 Å². The third-order valence-electron chi connectivity index (χ3n) is 4.22. The maximum Gasteiger partial charge on any atom is 0.227 e. The van der Waals surface area contributed by atoms with Crippen molar-refractivity contribution in [2.24, 2.45) is 5.92 Å². The first kappa shape index (κ1) is 19.8. The summed E-state index contributed by atoms with van der Waals surface area (Å²) >= 11 is 0. The number of halogens is 1. The monoisotopic (exact) mass is 340 g/mol. The fourth-order valence-corrected chi connectivity index (χ4v) is 2.65. The van der Waals surface area contributed by atoms with E-state index in [1.807, 2.05) is 29.2 Å². The molecular formula is C18H29ClN2O2. The molecule has 0 radical (unpaired) electrons. The molecule has 2 unspecified atom stereocenters. The first-order valence-corrected chi connectivity index (χ1v) is 8.22. The lowest BCUT2D eigenvalue weighted by Crippen LogP contribution is -2.57. The Bertz CT molecular complexity index is 490. The Hall–Kier alpha value is -1.26. The van der Waals surface area contributed by atoms with Gasteiger partial charge in [0.15, 0.2) is 0 Å². The molecule has 1 aliphatic rings. The van der Waals surface area contributed by atoms with E-state index >= 15 is 0 Å². The number of hydrogen-bond acceptors (Lipinski definition) is 3. The van der Waals surface area contributed by atoms with E-state index in [1.54, 1.807) is 0 Å². The molecule has 1 saturated heterocycles. The fourth-order valence-electron chi connectivity index (χ4n) is 2.65. The molecule has 1 aromatic rings. The summed E-state index contributed by atoms with van der Waals surface area (Å²) in [6.07, 6.45) is 0.460. The van der Waals surface area contributed by atoms with Crippen LogP contribution in [0.4, 0.5) is 0 Å². The van der Waals surface area contributed by atoms with Crippen molar-refractivity contribution in [1.29, 1.82) is 0 Å². The summed E-state index contributed by atoms with van der Waals surface area (Å²) in [6.45, 7) is 10.9. The fraction of sp³-hybridized carbons (Fsp3) is 0.611.